The van der Waals surface area contributed by atoms with E-state index in [1.54, 1.807) is 20.8 Å². The number of hydrogen-bond acceptors (Lipinski definition) is 7. The minimum Gasteiger partial charge on any atom is -0.464 e. The van der Waals surface area contributed by atoms with E-state index >= 15 is 0 Å². The molecule has 200 valence electrons. The highest BCUT2D eigenvalue weighted by molar-refractivity contribution is 5.89. The number of H-pyrrole nitrogens is 1. The molecule has 1 aromatic heterocycles. The van der Waals surface area contributed by atoms with Gasteiger partial charge in [0.1, 0.15) is 23.3 Å². The van der Waals surface area contributed by atoms with E-state index in [-0.39, 0.29) is 24.1 Å². The number of halogens is 2. The lowest BCUT2D eigenvalue weighted by molar-refractivity contribution is -0.0580. The Labute approximate surface area is 213 Å². The molecule has 5 atom stereocenters. The smallest absolute Gasteiger partial charge is 0.407 e. The Morgan fingerprint density at radius 3 is 2.76 bits per heavy atom. The van der Waals surface area contributed by atoms with Crippen molar-refractivity contribution in [3.8, 4) is 0 Å². The first kappa shape index (κ1) is 25.6. The number of aromatic amines is 1. The van der Waals surface area contributed by atoms with Gasteiger partial charge in [0, 0.05) is 41.9 Å². The summed E-state index contributed by atoms with van der Waals surface area (Å²) in [6.07, 6.45) is -0.271. The van der Waals surface area contributed by atoms with Crippen LogP contribution in [0.2, 0.25) is 0 Å². The molecule has 2 aliphatic heterocycles. The molecule has 37 heavy (non-hydrogen) atoms. The number of rotatable bonds is 4. The number of nitrogens with zero attached hydrogens (tertiary/aromatic N) is 2. The van der Waals surface area contributed by atoms with Crippen molar-refractivity contribution in [2.45, 2.75) is 63.3 Å². The summed E-state index contributed by atoms with van der Waals surface area (Å²) in [4.78, 5) is 27.2. The van der Waals surface area contributed by atoms with Crippen molar-refractivity contribution in [1.29, 1.82) is 0 Å². The highest BCUT2D eigenvalue weighted by atomic mass is 19.1. The summed E-state index contributed by atoms with van der Waals surface area (Å²) in [7, 11) is 1.34. The first-order valence-corrected chi connectivity index (χ1v) is 12.5. The molecule has 0 saturated carbocycles. The Hall–Kier alpha value is -3.05. The van der Waals surface area contributed by atoms with E-state index in [1.807, 2.05) is 0 Å². The van der Waals surface area contributed by atoms with E-state index in [9.17, 15) is 18.4 Å². The van der Waals surface area contributed by atoms with E-state index in [1.165, 1.54) is 7.11 Å². The Kier molecular flexibility index (Phi) is 6.70. The molecule has 1 aromatic carbocycles. The summed E-state index contributed by atoms with van der Waals surface area (Å²) in [6.45, 7) is 7.02. The van der Waals surface area contributed by atoms with Gasteiger partial charge in [-0.1, -0.05) is 0 Å². The van der Waals surface area contributed by atoms with Crippen molar-refractivity contribution >= 4 is 12.1 Å². The lowest BCUT2D eigenvalue weighted by Crippen LogP contribution is -2.52. The molecule has 9 nitrogen and oxygen atoms in total. The molecule has 3 heterocycles. The van der Waals surface area contributed by atoms with E-state index < -0.39 is 41.4 Å². The van der Waals surface area contributed by atoms with Crippen LogP contribution < -0.4 is 5.32 Å². The number of fused-ring (bicyclic) bond motifs is 3. The molecule has 1 aliphatic carbocycles. The monoisotopic (exact) mass is 518 g/mol. The van der Waals surface area contributed by atoms with Crippen LogP contribution in [0.15, 0.2) is 18.2 Å². The van der Waals surface area contributed by atoms with Gasteiger partial charge < -0.3 is 19.5 Å². The average molecular weight is 519 g/mol. The van der Waals surface area contributed by atoms with E-state index in [4.69, 9.17) is 14.2 Å². The molecular weight excluding hydrogens is 486 g/mol. The zero-order valence-electron chi connectivity index (χ0n) is 21.3. The molecule has 0 radical (unpaired) electrons. The topological polar surface area (TPSA) is 106 Å². The third-order valence-corrected chi connectivity index (χ3v) is 7.41. The second-order valence-corrected chi connectivity index (χ2v) is 11.0. The van der Waals surface area contributed by atoms with Crippen LogP contribution in [0.3, 0.4) is 0 Å². The standard InChI is InChI=1S/C26H32F2N4O5/c1-26(2,3)37-25(34)29-20-9-15(12-36-23(20)16-8-14(27)5-6-18(16)28)32-10-13-7-19-21(17(13)11-32)22(31-30-19)24(33)35-4/h5-6,8,13,15,17,20,23H,7,9-12H2,1-4H3,(H,29,34)(H,30,31)/t13?,15-,17?,20+,23-/m1/s1. The fourth-order valence-corrected chi connectivity index (χ4v) is 5.90. The molecule has 2 saturated heterocycles. The highest BCUT2D eigenvalue weighted by Gasteiger charge is 2.47. The lowest BCUT2D eigenvalue weighted by atomic mass is 9.92. The first-order valence-electron chi connectivity index (χ1n) is 12.5. The fraction of sp³-hybridized carbons (Fsp3) is 0.577. The number of aromatic nitrogens is 2. The third kappa shape index (κ3) is 5.06. The number of benzene rings is 1. The molecule has 2 unspecified atom stereocenters. The van der Waals surface area contributed by atoms with Crippen LogP contribution in [-0.4, -0.2) is 71.7 Å². The number of hydrogen-bond donors (Lipinski definition) is 2. The van der Waals surface area contributed by atoms with Gasteiger partial charge in [-0.05, 0) is 57.7 Å². The van der Waals surface area contributed by atoms with E-state index in [2.05, 4.69) is 20.4 Å². The second kappa shape index (κ2) is 9.68. The largest absolute Gasteiger partial charge is 0.464 e. The summed E-state index contributed by atoms with van der Waals surface area (Å²) in [5, 5.41) is 9.99. The number of alkyl carbamates (subject to hydrolysis) is 1. The van der Waals surface area contributed by atoms with Gasteiger partial charge in [-0.15, -0.1) is 0 Å². The van der Waals surface area contributed by atoms with Crippen LogP contribution >= 0.6 is 0 Å². The molecule has 2 aromatic rings. The van der Waals surface area contributed by atoms with Gasteiger partial charge in [-0.3, -0.25) is 10.00 Å². The van der Waals surface area contributed by atoms with Gasteiger partial charge in [0.25, 0.3) is 0 Å². The van der Waals surface area contributed by atoms with Gasteiger partial charge in [0.2, 0.25) is 0 Å². The van der Waals surface area contributed by atoms with Crippen LogP contribution in [-0.2, 0) is 20.6 Å². The zero-order chi connectivity index (χ0) is 26.5. The van der Waals surface area contributed by atoms with Crippen LogP contribution in [0.4, 0.5) is 13.6 Å². The van der Waals surface area contributed by atoms with E-state index in [0.717, 1.165) is 42.4 Å². The normalized spacial score (nSPS) is 27.5. The maximum absolute atomic E-state index is 14.7. The van der Waals surface area contributed by atoms with Crippen LogP contribution in [0.1, 0.15) is 66.5 Å². The Balaban J connectivity index is 1.35. The molecule has 11 heteroatoms. The minimum atomic E-state index is -0.868. The molecule has 5 rings (SSSR count). The molecule has 3 aliphatic rings. The number of esters is 1. The van der Waals surface area contributed by atoms with Crippen molar-refractivity contribution in [2.75, 3.05) is 26.8 Å². The van der Waals surface area contributed by atoms with Gasteiger partial charge >= 0.3 is 12.1 Å². The minimum absolute atomic E-state index is 0.0589. The summed E-state index contributed by atoms with van der Waals surface area (Å²) in [5.74, 6) is -1.21. The summed E-state index contributed by atoms with van der Waals surface area (Å²) < 4.78 is 45.1. The molecule has 0 bridgehead atoms. The average Bonchev–Trinajstić information content (AvgIpc) is 3.50. The molecule has 2 N–H and O–H groups in total. The first-order chi connectivity index (χ1) is 17.5. The maximum Gasteiger partial charge on any atom is 0.407 e. The maximum atomic E-state index is 14.7. The van der Waals surface area contributed by atoms with Crippen LogP contribution in [0.5, 0.6) is 0 Å². The predicted molar refractivity (Wildman–Crippen MR) is 128 cm³/mol. The van der Waals surface area contributed by atoms with Gasteiger partial charge in [-0.25, -0.2) is 18.4 Å². The summed E-state index contributed by atoms with van der Waals surface area (Å²) in [6, 6.07) is 2.51. The Morgan fingerprint density at radius 1 is 1.24 bits per heavy atom. The molecule has 0 spiro atoms. The van der Waals surface area contributed by atoms with Crippen molar-refractivity contribution in [3.63, 3.8) is 0 Å². The quantitative estimate of drug-likeness (QED) is 0.597. The number of carbonyl (C=O) groups excluding carboxylic acids is 2. The number of nitrogens with one attached hydrogen (secondary N) is 2. The van der Waals surface area contributed by atoms with Gasteiger partial charge in [0.15, 0.2) is 5.69 Å². The Morgan fingerprint density at radius 2 is 2.03 bits per heavy atom. The van der Waals surface area contributed by atoms with Crippen molar-refractivity contribution in [2.24, 2.45) is 5.92 Å². The van der Waals surface area contributed by atoms with Crippen molar-refractivity contribution in [3.05, 3.63) is 52.3 Å². The third-order valence-electron chi connectivity index (χ3n) is 7.41. The molecule has 2 fully saturated rings. The van der Waals surface area contributed by atoms with Crippen LogP contribution in [0.25, 0.3) is 0 Å². The molecular formula is C26H32F2N4O5. The number of likely N-dealkylation sites (tertiary alicyclic amines) is 1. The number of carbonyl (C=O) groups is 2. The highest BCUT2D eigenvalue weighted by Crippen LogP contribution is 2.45. The number of ether oxygens (including phenoxy) is 3. The Bertz CT molecular complexity index is 1200. The fourth-order valence-electron chi connectivity index (χ4n) is 5.90. The van der Waals surface area contributed by atoms with Gasteiger partial charge in [-0.2, -0.15) is 5.10 Å². The van der Waals surface area contributed by atoms with Crippen molar-refractivity contribution < 1.29 is 32.6 Å². The SMILES string of the molecule is COC(=O)c1n[nH]c2c1C1CN([C@H]3CO[C@H](c4cc(F)ccc4F)[C@@H](NC(=O)OC(C)(C)C)C3)CC1C2. The lowest BCUT2D eigenvalue weighted by Gasteiger charge is -2.40. The number of methoxy groups -OCH3 is 1. The van der Waals surface area contributed by atoms with Gasteiger partial charge in [0.05, 0.1) is 19.8 Å². The summed E-state index contributed by atoms with van der Waals surface area (Å²) >= 11 is 0. The van der Waals surface area contributed by atoms with Crippen LogP contribution in [0, 0.1) is 17.6 Å². The van der Waals surface area contributed by atoms with E-state index in [0.29, 0.717) is 24.6 Å². The molecule has 1 amide bonds. The summed E-state index contributed by atoms with van der Waals surface area (Å²) in [5.41, 5.74) is 1.56. The van der Waals surface area contributed by atoms with Crippen molar-refractivity contribution in [1.82, 2.24) is 20.4 Å². The zero-order valence-corrected chi connectivity index (χ0v) is 21.3. The number of amides is 1. The predicted octanol–water partition coefficient (Wildman–Crippen LogP) is 3.47. The second-order valence-electron chi connectivity index (χ2n) is 11.0.